The van der Waals surface area contributed by atoms with Crippen LogP contribution in [0.25, 0.3) is 0 Å². The Labute approximate surface area is 215 Å². The second-order valence-corrected chi connectivity index (χ2v) is 9.69. The number of aromatic nitrogens is 2. The number of nitrogens with zero attached hydrogens (tertiary/aromatic N) is 3. The summed E-state index contributed by atoms with van der Waals surface area (Å²) in [7, 11) is 0. The van der Waals surface area contributed by atoms with Crippen LogP contribution in [0.1, 0.15) is 86.8 Å². The summed E-state index contributed by atoms with van der Waals surface area (Å²) in [4.78, 5) is 25.0. The lowest BCUT2D eigenvalue weighted by Crippen LogP contribution is -2.34. The second-order valence-electron chi connectivity index (χ2n) is 9.31. The topological polar surface area (TPSA) is 67.2 Å². The molecule has 1 atom stereocenters. The van der Waals surface area contributed by atoms with Gasteiger partial charge < -0.3 is 10.2 Å². The number of carbonyl (C=O) groups is 2. The van der Waals surface area contributed by atoms with Gasteiger partial charge in [-0.3, -0.25) is 14.3 Å². The number of benzene rings is 1. The summed E-state index contributed by atoms with van der Waals surface area (Å²) in [5, 5.41) is 7.46. The van der Waals surface area contributed by atoms with E-state index in [1.807, 2.05) is 39.0 Å². The van der Waals surface area contributed by atoms with Crippen LogP contribution in [-0.4, -0.2) is 39.6 Å². The highest BCUT2D eigenvalue weighted by atomic mass is 35.5. The number of amides is 2. The maximum atomic E-state index is 13.4. The van der Waals surface area contributed by atoms with Crippen molar-refractivity contribution in [2.24, 2.45) is 0 Å². The summed E-state index contributed by atoms with van der Waals surface area (Å²) in [5.41, 5.74) is 1.34. The molecule has 1 saturated heterocycles. The molecule has 6 nitrogen and oxygen atoms in total. The van der Waals surface area contributed by atoms with Gasteiger partial charge in [0, 0.05) is 30.5 Å². The van der Waals surface area contributed by atoms with E-state index in [9.17, 15) is 22.8 Å². The number of alkyl halides is 3. The fourth-order valence-corrected chi connectivity index (χ4v) is 4.54. The highest BCUT2D eigenvalue weighted by Gasteiger charge is 2.39. The molecule has 1 aromatic heterocycles. The molecule has 0 bridgehead atoms. The number of hydrogen-bond donors (Lipinski definition) is 1. The van der Waals surface area contributed by atoms with E-state index in [4.69, 9.17) is 11.6 Å². The predicted octanol–water partition coefficient (Wildman–Crippen LogP) is 6.03. The minimum atomic E-state index is -4.54. The van der Waals surface area contributed by atoms with Crippen molar-refractivity contribution >= 4 is 23.4 Å². The van der Waals surface area contributed by atoms with Crippen LogP contribution in [-0.2, 0) is 22.3 Å². The van der Waals surface area contributed by atoms with Gasteiger partial charge in [0.15, 0.2) is 0 Å². The molecule has 2 fully saturated rings. The Bertz CT molecular complexity index is 1070. The molecular weight excluding hydrogens is 493 g/mol. The first kappa shape index (κ1) is 28.0. The number of rotatable bonds is 7. The molecule has 10 heteroatoms. The van der Waals surface area contributed by atoms with E-state index >= 15 is 0 Å². The van der Waals surface area contributed by atoms with Gasteiger partial charge >= 0.3 is 6.18 Å². The molecule has 1 aliphatic carbocycles. The van der Waals surface area contributed by atoms with Crippen LogP contribution in [0, 0.1) is 6.92 Å². The summed E-state index contributed by atoms with van der Waals surface area (Å²) in [6.45, 7) is 6.69. The summed E-state index contributed by atoms with van der Waals surface area (Å²) >= 11 is 6.43. The van der Waals surface area contributed by atoms with Gasteiger partial charge in [0.05, 0.1) is 11.7 Å². The van der Waals surface area contributed by atoms with Gasteiger partial charge in [0.25, 0.3) is 0 Å². The molecule has 198 valence electrons. The summed E-state index contributed by atoms with van der Waals surface area (Å²) in [6.07, 6.45) is 0.313. The van der Waals surface area contributed by atoms with Gasteiger partial charge in [-0.15, -0.1) is 0 Å². The second kappa shape index (κ2) is 12.1. The van der Waals surface area contributed by atoms with Gasteiger partial charge in [0.1, 0.15) is 12.2 Å². The fraction of sp³-hybridized carbons (Fsp3) is 0.577. The van der Waals surface area contributed by atoms with Crippen molar-refractivity contribution in [1.82, 2.24) is 20.0 Å². The maximum Gasteiger partial charge on any atom is 0.433 e. The first-order valence-corrected chi connectivity index (χ1v) is 12.9. The van der Waals surface area contributed by atoms with E-state index in [1.165, 1.54) is 0 Å². The van der Waals surface area contributed by atoms with E-state index in [2.05, 4.69) is 10.4 Å². The predicted molar refractivity (Wildman–Crippen MR) is 133 cm³/mol. The van der Waals surface area contributed by atoms with Crippen molar-refractivity contribution in [2.45, 2.75) is 84.0 Å². The largest absolute Gasteiger partial charge is 0.433 e. The average Bonchev–Trinajstić information content (AvgIpc) is 3.40. The third-order valence-electron chi connectivity index (χ3n) is 6.42. The average molecular weight is 527 g/mol. The smallest absolute Gasteiger partial charge is 0.356 e. The quantitative estimate of drug-likeness (QED) is 0.479. The number of aryl methyl sites for hydroxylation is 1. The number of halogens is 4. The highest BCUT2D eigenvalue weighted by molar-refractivity contribution is 6.32. The number of likely N-dealkylation sites (tertiary alicyclic amines) is 1. The molecule has 1 aromatic carbocycles. The van der Waals surface area contributed by atoms with Gasteiger partial charge in [0.2, 0.25) is 11.8 Å². The Morgan fingerprint density at radius 1 is 1.19 bits per heavy atom. The van der Waals surface area contributed by atoms with Crippen LogP contribution in [0.2, 0.25) is 5.02 Å². The van der Waals surface area contributed by atoms with Crippen LogP contribution in [0.5, 0.6) is 0 Å². The Kier molecular flexibility index (Phi) is 9.44. The molecule has 0 spiro atoms. The summed E-state index contributed by atoms with van der Waals surface area (Å²) < 4.78 is 41.0. The molecule has 0 unspecified atom stereocenters. The van der Waals surface area contributed by atoms with Gasteiger partial charge in [-0.05, 0) is 56.2 Å². The van der Waals surface area contributed by atoms with E-state index < -0.39 is 18.4 Å². The maximum absolute atomic E-state index is 13.4. The third-order valence-corrected chi connectivity index (χ3v) is 6.93. The van der Waals surface area contributed by atoms with Crippen LogP contribution in [0.4, 0.5) is 13.2 Å². The Morgan fingerprint density at radius 3 is 2.53 bits per heavy atom. The molecule has 1 aliphatic heterocycles. The van der Waals surface area contributed by atoms with E-state index in [1.54, 1.807) is 4.90 Å². The van der Waals surface area contributed by atoms with Crippen molar-refractivity contribution in [1.29, 1.82) is 0 Å². The van der Waals surface area contributed by atoms with Gasteiger partial charge in [-0.1, -0.05) is 43.6 Å². The fourth-order valence-electron chi connectivity index (χ4n) is 4.29. The number of carbonyl (C=O) groups excluding carboxylic acids is 2. The Morgan fingerprint density at radius 2 is 1.92 bits per heavy atom. The highest BCUT2D eigenvalue weighted by Crippen LogP contribution is 2.42. The minimum Gasteiger partial charge on any atom is -0.356 e. The van der Waals surface area contributed by atoms with E-state index in [-0.39, 0.29) is 23.8 Å². The normalized spacial score (nSPS) is 17.5. The molecule has 2 aliphatic rings. The SMILES string of the molecule is CCCNC(=O)CC.Cc1cccc([C@H]2CCCN2C(=O)Cn2nc(C3CC3)cc2C(F)(F)F)c1Cl. The van der Waals surface area contributed by atoms with Crippen LogP contribution >= 0.6 is 11.6 Å². The lowest BCUT2D eigenvalue weighted by atomic mass is 10.0. The Balaban J connectivity index is 0.000000392. The van der Waals surface area contributed by atoms with Crippen molar-refractivity contribution in [3.05, 3.63) is 51.8 Å². The lowest BCUT2D eigenvalue weighted by molar-refractivity contribution is -0.146. The van der Waals surface area contributed by atoms with E-state index in [0.29, 0.717) is 23.7 Å². The van der Waals surface area contributed by atoms with Crippen molar-refractivity contribution in [3.63, 3.8) is 0 Å². The number of nitrogens with one attached hydrogen (secondary N) is 1. The van der Waals surface area contributed by atoms with Crippen molar-refractivity contribution < 1.29 is 22.8 Å². The summed E-state index contributed by atoms with van der Waals surface area (Å²) in [6, 6.07) is 6.53. The van der Waals surface area contributed by atoms with Crippen molar-refractivity contribution in [3.8, 4) is 0 Å². The molecule has 1 saturated carbocycles. The first-order valence-electron chi connectivity index (χ1n) is 12.5. The summed E-state index contributed by atoms with van der Waals surface area (Å²) in [5.74, 6) is -0.133. The Hall–Kier alpha value is -2.55. The molecular formula is C26H34ClF3N4O2. The standard InChI is InChI=1S/C20H21ClF3N3O.C6H13NO/c1-12-4-2-5-14(19(12)21)16-6-3-9-26(16)18(28)11-27-17(20(22,23)24)10-15(25-27)13-7-8-13;1-3-5-7-6(8)4-2/h2,4-5,10,13,16H,3,6-9,11H2,1H3;3-5H2,1-2H3,(H,7,8)/t16-;/m1./s1. The third kappa shape index (κ3) is 7.02. The molecule has 0 radical (unpaired) electrons. The molecule has 2 aromatic rings. The molecule has 4 rings (SSSR count). The van der Waals surface area contributed by atoms with Gasteiger partial charge in [-0.25, -0.2) is 0 Å². The minimum absolute atomic E-state index is 0.0862. The lowest BCUT2D eigenvalue weighted by Gasteiger charge is -2.26. The zero-order valence-electron chi connectivity index (χ0n) is 21.0. The first-order chi connectivity index (χ1) is 17.1. The zero-order chi connectivity index (χ0) is 26.5. The van der Waals surface area contributed by atoms with Gasteiger partial charge in [-0.2, -0.15) is 18.3 Å². The molecule has 36 heavy (non-hydrogen) atoms. The number of hydrogen-bond acceptors (Lipinski definition) is 3. The van der Waals surface area contributed by atoms with Crippen molar-refractivity contribution in [2.75, 3.05) is 13.1 Å². The van der Waals surface area contributed by atoms with Crippen LogP contribution in [0.15, 0.2) is 24.3 Å². The molecule has 1 N–H and O–H groups in total. The monoisotopic (exact) mass is 526 g/mol. The van der Waals surface area contributed by atoms with Crippen LogP contribution < -0.4 is 5.32 Å². The molecule has 2 amide bonds. The zero-order valence-corrected chi connectivity index (χ0v) is 21.8. The van der Waals surface area contributed by atoms with E-state index in [0.717, 1.165) is 60.5 Å². The molecule has 2 heterocycles. The van der Waals surface area contributed by atoms with Crippen LogP contribution in [0.3, 0.4) is 0 Å².